The van der Waals surface area contributed by atoms with E-state index in [1.54, 1.807) is 0 Å². The van der Waals surface area contributed by atoms with Crippen LogP contribution in [0.2, 0.25) is 0 Å². The maximum atomic E-state index is 6.13. The molecule has 0 amide bonds. The standard InChI is InChI=1S/C14H25NOS/c1-11-8-12(11)10-15-13-2-5-16-14(9-13)3-6-17-7-4-14/h11-13,15H,2-10H2,1H3. The summed E-state index contributed by atoms with van der Waals surface area (Å²) in [5.74, 6) is 4.54. The van der Waals surface area contributed by atoms with Crippen molar-refractivity contribution in [1.29, 1.82) is 0 Å². The van der Waals surface area contributed by atoms with Gasteiger partial charge in [-0.2, -0.15) is 11.8 Å². The van der Waals surface area contributed by atoms with Crippen LogP contribution in [0.1, 0.15) is 39.0 Å². The molecule has 17 heavy (non-hydrogen) atoms. The van der Waals surface area contributed by atoms with Crippen LogP contribution in [-0.2, 0) is 4.74 Å². The van der Waals surface area contributed by atoms with E-state index in [1.807, 2.05) is 0 Å². The molecule has 3 aliphatic rings. The van der Waals surface area contributed by atoms with Gasteiger partial charge >= 0.3 is 0 Å². The van der Waals surface area contributed by atoms with Crippen molar-refractivity contribution in [2.24, 2.45) is 11.8 Å². The van der Waals surface area contributed by atoms with Crippen molar-refractivity contribution in [1.82, 2.24) is 5.32 Å². The number of hydrogen-bond acceptors (Lipinski definition) is 3. The third kappa shape index (κ3) is 2.99. The summed E-state index contributed by atoms with van der Waals surface area (Å²) in [7, 11) is 0. The van der Waals surface area contributed by atoms with Crippen molar-refractivity contribution in [2.75, 3.05) is 24.7 Å². The van der Waals surface area contributed by atoms with Gasteiger partial charge in [-0.05, 0) is 62.0 Å². The normalized spacial score (nSPS) is 40.4. The molecule has 1 N–H and O–H groups in total. The van der Waals surface area contributed by atoms with Crippen LogP contribution in [0, 0.1) is 11.8 Å². The van der Waals surface area contributed by atoms with E-state index in [2.05, 4.69) is 24.0 Å². The van der Waals surface area contributed by atoms with Crippen LogP contribution in [-0.4, -0.2) is 36.3 Å². The Hall–Kier alpha value is 0.270. The van der Waals surface area contributed by atoms with Crippen LogP contribution < -0.4 is 5.32 Å². The molecular formula is C14H25NOS. The highest BCUT2D eigenvalue weighted by atomic mass is 32.2. The van der Waals surface area contributed by atoms with E-state index in [-0.39, 0.29) is 5.60 Å². The van der Waals surface area contributed by atoms with E-state index < -0.39 is 0 Å². The lowest BCUT2D eigenvalue weighted by Gasteiger charge is -2.43. The highest BCUT2D eigenvalue weighted by Gasteiger charge is 2.39. The number of hydrogen-bond donors (Lipinski definition) is 1. The zero-order valence-electron chi connectivity index (χ0n) is 10.9. The Balaban J connectivity index is 1.48. The van der Waals surface area contributed by atoms with E-state index >= 15 is 0 Å². The predicted molar refractivity (Wildman–Crippen MR) is 73.5 cm³/mol. The van der Waals surface area contributed by atoms with Gasteiger partial charge < -0.3 is 10.1 Å². The third-order valence-corrected chi connectivity index (χ3v) is 5.83. The van der Waals surface area contributed by atoms with Gasteiger partial charge in [-0.1, -0.05) is 6.92 Å². The molecule has 3 atom stereocenters. The molecule has 2 saturated heterocycles. The second kappa shape index (κ2) is 5.10. The summed E-state index contributed by atoms with van der Waals surface area (Å²) >= 11 is 2.09. The van der Waals surface area contributed by atoms with E-state index in [0.717, 1.165) is 24.5 Å². The fourth-order valence-corrected chi connectivity index (χ4v) is 4.53. The van der Waals surface area contributed by atoms with Gasteiger partial charge in [-0.3, -0.25) is 0 Å². The molecular weight excluding hydrogens is 230 g/mol. The minimum Gasteiger partial charge on any atom is -0.375 e. The average Bonchev–Trinajstić information content (AvgIpc) is 3.04. The zero-order valence-corrected chi connectivity index (χ0v) is 11.7. The van der Waals surface area contributed by atoms with Gasteiger partial charge in [0, 0.05) is 12.6 Å². The predicted octanol–water partition coefficient (Wildman–Crippen LogP) is 2.68. The minimum absolute atomic E-state index is 0.246. The van der Waals surface area contributed by atoms with Crippen molar-refractivity contribution in [3.63, 3.8) is 0 Å². The lowest BCUT2D eigenvalue weighted by atomic mass is 9.85. The summed E-state index contributed by atoms with van der Waals surface area (Å²) in [5, 5.41) is 3.80. The lowest BCUT2D eigenvalue weighted by Crippen LogP contribution is -2.49. The van der Waals surface area contributed by atoms with Crippen molar-refractivity contribution >= 4 is 11.8 Å². The third-order valence-electron chi connectivity index (χ3n) is 4.84. The summed E-state index contributed by atoms with van der Waals surface area (Å²) in [6, 6.07) is 0.722. The molecule has 3 heteroatoms. The van der Waals surface area contributed by atoms with Gasteiger partial charge in [-0.25, -0.2) is 0 Å². The van der Waals surface area contributed by atoms with Crippen LogP contribution in [0.3, 0.4) is 0 Å². The molecule has 0 radical (unpaired) electrons. The first-order valence-electron chi connectivity index (χ1n) is 7.22. The summed E-state index contributed by atoms with van der Waals surface area (Å²) in [5.41, 5.74) is 0.246. The number of ether oxygens (including phenoxy) is 1. The fourth-order valence-electron chi connectivity index (χ4n) is 3.30. The summed E-state index contributed by atoms with van der Waals surface area (Å²) in [6.45, 7) is 4.59. The highest BCUT2D eigenvalue weighted by molar-refractivity contribution is 7.99. The molecule has 0 bridgehead atoms. The first kappa shape index (κ1) is 12.3. The summed E-state index contributed by atoms with van der Waals surface area (Å²) < 4.78 is 6.13. The van der Waals surface area contributed by atoms with E-state index in [4.69, 9.17) is 4.74 Å². The molecule has 0 aromatic rings. The Labute approximate surface area is 109 Å². The molecule has 1 aliphatic carbocycles. The van der Waals surface area contributed by atoms with Gasteiger partial charge in [-0.15, -0.1) is 0 Å². The van der Waals surface area contributed by atoms with Crippen LogP contribution in [0.4, 0.5) is 0 Å². The number of nitrogens with one attached hydrogen (secondary N) is 1. The number of thioether (sulfide) groups is 1. The average molecular weight is 255 g/mol. The van der Waals surface area contributed by atoms with Crippen LogP contribution in [0.5, 0.6) is 0 Å². The van der Waals surface area contributed by atoms with Crippen molar-refractivity contribution in [3.8, 4) is 0 Å². The summed E-state index contributed by atoms with van der Waals surface area (Å²) in [6.07, 6.45) is 6.47. The van der Waals surface area contributed by atoms with Gasteiger partial charge in [0.15, 0.2) is 0 Å². The molecule has 2 heterocycles. The fraction of sp³-hybridized carbons (Fsp3) is 1.00. The molecule has 1 spiro atoms. The Kier molecular flexibility index (Phi) is 3.69. The number of rotatable bonds is 3. The second-order valence-electron chi connectivity index (χ2n) is 6.21. The lowest BCUT2D eigenvalue weighted by molar-refractivity contribution is -0.0931. The van der Waals surface area contributed by atoms with E-state index in [0.29, 0.717) is 0 Å². The smallest absolute Gasteiger partial charge is 0.0713 e. The molecule has 1 saturated carbocycles. The quantitative estimate of drug-likeness (QED) is 0.838. The van der Waals surface area contributed by atoms with Gasteiger partial charge in [0.25, 0.3) is 0 Å². The molecule has 3 unspecified atom stereocenters. The molecule has 3 rings (SSSR count). The molecule has 2 nitrogen and oxygen atoms in total. The minimum atomic E-state index is 0.246. The molecule has 3 fully saturated rings. The van der Waals surface area contributed by atoms with Gasteiger partial charge in [0.2, 0.25) is 0 Å². The first-order chi connectivity index (χ1) is 8.27. The zero-order chi connectivity index (χ0) is 11.7. The van der Waals surface area contributed by atoms with Crippen LogP contribution in [0.25, 0.3) is 0 Å². The van der Waals surface area contributed by atoms with Gasteiger partial charge in [0.1, 0.15) is 0 Å². The molecule has 0 aromatic carbocycles. The van der Waals surface area contributed by atoms with Gasteiger partial charge in [0.05, 0.1) is 5.60 Å². The summed E-state index contributed by atoms with van der Waals surface area (Å²) in [4.78, 5) is 0. The Morgan fingerprint density at radius 2 is 2.12 bits per heavy atom. The van der Waals surface area contributed by atoms with Crippen molar-refractivity contribution < 1.29 is 4.74 Å². The molecule has 2 aliphatic heterocycles. The maximum Gasteiger partial charge on any atom is 0.0713 e. The monoisotopic (exact) mass is 255 g/mol. The maximum absolute atomic E-state index is 6.13. The Morgan fingerprint density at radius 1 is 1.35 bits per heavy atom. The van der Waals surface area contributed by atoms with Crippen LogP contribution in [0.15, 0.2) is 0 Å². The second-order valence-corrected chi connectivity index (χ2v) is 7.44. The van der Waals surface area contributed by atoms with E-state index in [1.165, 1.54) is 50.2 Å². The molecule has 98 valence electrons. The van der Waals surface area contributed by atoms with Crippen molar-refractivity contribution in [3.05, 3.63) is 0 Å². The Morgan fingerprint density at radius 3 is 2.82 bits per heavy atom. The SMILES string of the molecule is CC1CC1CNC1CCOC2(CCSCC2)C1. The van der Waals surface area contributed by atoms with Crippen molar-refractivity contribution in [2.45, 2.75) is 50.7 Å². The largest absolute Gasteiger partial charge is 0.375 e. The Bertz CT molecular complexity index is 259. The van der Waals surface area contributed by atoms with E-state index in [9.17, 15) is 0 Å². The van der Waals surface area contributed by atoms with Crippen LogP contribution >= 0.6 is 11.8 Å². The highest BCUT2D eigenvalue weighted by Crippen LogP contribution is 2.39. The topological polar surface area (TPSA) is 21.3 Å². The molecule has 0 aromatic heterocycles. The first-order valence-corrected chi connectivity index (χ1v) is 8.38.